The van der Waals surface area contributed by atoms with Gasteiger partial charge in [0.15, 0.2) is 0 Å². The molecule has 0 heterocycles. The fourth-order valence-electron chi connectivity index (χ4n) is 11.0. The number of hydrogen-bond donors (Lipinski definition) is 0. The van der Waals surface area contributed by atoms with Gasteiger partial charge in [-0.1, -0.05) is 225 Å². The molecule has 2 aliphatic rings. The van der Waals surface area contributed by atoms with Gasteiger partial charge in [0.1, 0.15) is 0 Å². The maximum atomic E-state index is 2.61. The first-order valence-electron chi connectivity index (χ1n) is 25.7. The molecular weight excluding hydrogens is 819 g/mol. The summed E-state index contributed by atoms with van der Waals surface area (Å²) >= 11 is 0. The first-order valence-corrected chi connectivity index (χ1v) is 25.7. The Kier molecular flexibility index (Phi) is 12.1. The van der Waals surface area contributed by atoms with Gasteiger partial charge < -0.3 is 4.90 Å². The largest absolute Gasteiger partial charge is 0.310 e. The van der Waals surface area contributed by atoms with Crippen LogP contribution in [-0.2, 0) is 27.1 Å². The summed E-state index contributed by atoms with van der Waals surface area (Å²) in [5.74, 6) is 0.552. The molecule has 0 unspecified atom stereocenters. The van der Waals surface area contributed by atoms with Crippen LogP contribution in [0.2, 0.25) is 0 Å². The molecule has 1 nitrogen and oxygen atoms in total. The number of anilines is 3. The third-order valence-electron chi connectivity index (χ3n) is 15.4. The molecule has 2 aliphatic carbocycles. The lowest BCUT2D eigenvalue weighted by Gasteiger charge is -2.33. The van der Waals surface area contributed by atoms with Crippen LogP contribution in [-0.4, -0.2) is 0 Å². The van der Waals surface area contributed by atoms with E-state index in [1.165, 1.54) is 133 Å². The van der Waals surface area contributed by atoms with Gasteiger partial charge in [-0.3, -0.25) is 0 Å². The van der Waals surface area contributed by atoms with Crippen LogP contribution < -0.4 is 4.90 Å². The summed E-state index contributed by atoms with van der Waals surface area (Å²) < 4.78 is 0. The third kappa shape index (κ3) is 9.28. The molecule has 0 N–H and O–H groups in total. The molecule has 0 atom stereocenters. The van der Waals surface area contributed by atoms with Gasteiger partial charge in [-0.05, 0) is 160 Å². The van der Waals surface area contributed by atoms with Crippen molar-refractivity contribution in [3.8, 4) is 44.5 Å². The van der Waals surface area contributed by atoms with Gasteiger partial charge in [0.25, 0.3) is 0 Å². The van der Waals surface area contributed by atoms with E-state index in [2.05, 4.69) is 247 Å². The molecule has 0 spiro atoms. The molecule has 0 saturated heterocycles. The highest BCUT2D eigenvalue weighted by molar-refractivity contribution is 5.88. The minimum atomic E-state index is -0.102. The second-order valence-electron chi connectivity index (χ2n) is 25.1. The number of benzene rings is 7. The summed E-state index contributed by atoms with van der Waals surface area (Å²) in [5, 5.41) is 0. The van der Waals surface area contributed by atoms with Crippen molar-refractivity contribution < 1.29 is 0 Å². The molecule has 0 radical (unpaired) electrons. The molecule has 68 heavy (non-hydrogen) atoms. The first-order chi connectivity index (χ1) is 32.0. The molecule has 1 fully saturated rings. The van der Waals surface area contributed by atoms with Crippen molar-refractivity contribution in [2.75, 3.05) is 4.90 Å². The average Bonchev–Trinajstić information content (AvgIpc) is 3.53. The van der Waals surface area contributed by atoms with Gasteiger partial charge in [0, 0.05) is 22.5 Å². The summed E-state index contributed by atoms with van der Waals surface area (Å²) in [5.41, 5.74) is 23.6. The van der Waals surface area contributed by atoms with Crippen LogP contribution in [0.3, 0.4) is 0 Å². The zero-order valence-corrected chi connectivity index (χ0v) is 43.9. The lowest BCUT2D eigenvalue weighted by Crippen LogP contribution is -2.19. The predicted octanol–water partition coefficient (Wildman–Crippen LogP) is 19.7. The molecule has 1 saturated carbocycles. The Morgan fingerprint density at radius 2 is 0.838 bits per heavy atom. The molecule has 9 rings (SSSR count). The standard InChI is InChI=1S/C67H77N/c1-63(2,3)51-35-47(34-48(36-51)49-37-52(64(4,5)6)41-53(38-49)65(7,8)9)44-28-30-45(31-29-44)50-39-54(66(10,11)12)42-56(40-50)68(62-27-21-19-24-57(62)46-22-16-15-17-23-46)55-32-33-59-58-25-18-20-26-60(58)67(13,14)61(59)43-55/h18-21,24-43,46H,15-17,22-23H2,1-14H3. The van der Waals surface area contributed by atoms with Crippen LogP contribution >= 0.6 is 0 Å². The Hall–Kier alpha value is -5.66. The maximum Gasteiger partial charge on any atom is 0.0496 e. The van der Waals surface area contributed by atoms with Crippen molar-refractivity contribution in [1.82, 2.24) is 0 Å². The third-order valence-corrected chi connectivity index (χ3v) is 15.4. The van der Waals surface area contributed by atoms with Crippen LogP contribution in [0.5, 0.6) is 0 Å². The molecule has 0 bridgehead atoms. The van der Waals surface area contributed by atoms with E-state index in [0.717, 1.165) is 0 Å². The molecule has 0 aromatic heterocycles. The Balaban J connectivity index is 1.18. The van der Waals surface area contributed by atoms with E-state index in [-0.39, 0.29) is 27.1 Å². The van der Waals surface area contributed by atoms with Gasteiger partial charge in [-0.25, -0.2) is 0 Å². The van der Waals surface area contributed by atoms with Gasteiger partial charge >= 0.3 is 0 Å². The summed E-state index contributed by atoms with van der Waals surface area (Å²) in [7, 11) is 0. The molecule has 350 valence electrons. The van der Waals surface area contributed by atoms with Crippen molar-refractivity contribution >= 4 is 17.1 Å². The van der Waals surface area contributed by atoms with Gasteiger partial charge in [-0.2, -0.15) is 0 Å². The minimum absolute atomic E-state index is 0.0109. The van der Waals surface area contributed by atoms with Crippen LogP contribution in [0.4, 0.5) is 17.1 Å². The number of para-hydroxylation sites is 1. The topological polar surface area (TPSA) is 3.24 Å². The van der Waals surface area contributed by atoms with E-state index in [1.807, 2.05) is 0 Å². The zero-order valence-electron chi connectivity index (χ0n) is 43.9. The lowest BCUT2D eigenvalue weighted by molar-refractivity contribution is 0.444. The number of rotatable bonds is 7. The average molecular weight is 896 g/mol. The van der Waals surface area contributed by atoms with Crippen molar-refractivity contribution in [2.24, 2.45) is 0 Å². The predicted molar refractivity (Wildman–Crippen MR) is 296 cm³/mol. The SMILES string of the molecule is CC(C)(C)c1cc(-c2ccc(-c3cc(N(c4ccc5c(c4)C(C)(C)c4ccccc4-5)c4ccccc4C4CCCCC4)cc(C(C)(C)C)c3)cc2)cc(-c2cc(C(C)(C)C)cc(C(C)(C)C)c2)c1. The Labute approximate surface area is 411 Å². The van der Waals surface area contributed by atoms with Crippen molar-refractivity contribution in [2.45, 2.75) is 162 Å². The van der Waals surface area contributed by atoms with E-state index in [0.29, 0.717) is 5.92 Å². The fraction of sp³-hybridized carbons (Fsp3) is 0.373. The Bertz CT molecular complexity index is 2940. The summed E-state index contributed by atoms with van der Waals surface area (Å²) in [4.78, 5) is 2.61. The van der Waals surface area contributed by atoms with E-state index in [4.69, 9.17) is 0 Å². The van der Waals surface area contributed by atoms with E-state index < -0.39 is 0 Å². The summed E-state index contributed by atoms with van der Waals surface area (Å²) in [6, 6.07) is 57.0. The van der Waals surface area contributed by atoms with Gasteiger partial charge in [0.2, 0.25) is 0 Å². The van der Waals surface area contributed by atoms with Crippen LogP contribution in [0.15, 0.2) is 146 Å². The monoisotopic (exact) mass is 896 g/mol. The molecule has 1 heteroatoms. The first kappa shape index (κ1) is 47.4. The molecule has 0 aliphatic heterocycles. The number of fused-ring (bicyclic) bond motifs is 3. The highest BCUT2D eigenvalue weighted by atomic mass is 15.1. The fourth-order valence-corrected chi connectivity index (χ4v) is 11.0. The Morgan fingerprint density at radius 3 is 1.41 bits per heavy atom. The second-order valence-corrected chi connectivity index (χ2v) is 25.1. The minimum Gasteiger partial charge on any atom is -0.310 e. The van der Waals surface area contributed by atoms with Gasteiger partial charge in [-0.15, -0.1) is 0 Å². The van der Waals surface area contributed by atoms with Gasteiger partial charge in [0.05, 0.1) is 0 Å². The quantitative estimate of drug-likeness (QED) is 0.154. The highest BCUT2D eigenvalue weighted by Gasteiger charge is 2.36. The van der Waals surface area contributed by atoms with Crippen molar-refractivity contribution in [3.05, 3.63) is 185 Å². The van der Waals surface area contributed by atoms with Crippen LogP contribution in [0, 0.1) is 0 Å². The summed E-state index contributed by atoms with van der Waals surface area (Å²) in [6.45, 7) is 32.9. The highest BCUT2D eigenvalue weighted by Crippen LogP contribution is 2.52. The molecule has 7 aromatic rings. The van der Waals surface area contributed by atoms with E-state index in [1.54, 1.807) is 0 Å². The van der Waals surface area contributed by atoms with E-state index >= 15 is 0 Å². The van der Waals surface area contributed by atoms with Crippen LogP contribution in [0.1, 0.15) is 174 Å². The smallest absolute Gasteiger partial charge is 0.0496 e. The molecule has 0 amide bonds. The number of hydrogen-bond acceptors (Lipinski definition) is 1. The normalized spacial score (nSPS) is 15.3. The van der Waals surface area contributed by atoms with Crippen molar-refractivity contribution in [1.29, 1.82) is 0 Å². The Morgan fingerprint density at radius 1 is 0.382 bits per heavy atom. The van der Waals surface area contributed by atoms with Crippen molar-refractivity contribution in [3.63, 3.8) is 0 Å². The summed E-state index contributed by atoms with van der Waals surface area (Å²) in [6.07, 6.45) is 6.44. The number of nitrogens with zero attached hydrogens (tertiary/aromatic N) is 1. The van der Waals surface area contributed by atoms with Crippen LogP contribution in [0.25, 0.3) is 44.5 Å². The second kappa shape index (κ2) is 17.4. The lowest BCUT2D eigenvalue weighted by atomic mass is 9.78. The molecular formula is C67H77N. The van der Waals surface area contributed by atoms with E-state index in [9.17, 15) is 0 Å². The maximum absolute atomic E-state index is 2.61. The zero-order chi connectivity index (χ0) is 48.6. The molecule has 7 aromatic carbocycles.